The summed E-state index contributed by atoms with van der Waals surface area (Å²) in [6.07, 6.45) is 3.88. The van der Waals surface area contributed by atoms with Crippen LogP contribution >= 0.6 is 0 Å². The second-order valence-electron chi connectivity index (χ2n) is 20.6. The van der Waals surface area contributed by atoms with E-state index in [9.17, 15) is 0 Å². The van der Waals surface area contributed by atoms with Crippen molar-refractivity contribution in [2.75, 3.05) is 0 Å². The van der Waals surface area contributed by atoms with E-state index in [1.165, 1.54) is 22.3 Å². The first-order valence-corrected chi connectivity index (χ1v) is 23.4. The summed E-state index contributed by atoms with van der Waals surface area (Å²) in [5, 5.41) is 0. The van der Waals surface area contributed by atoms with Crippen LogP contribution in [0, 0.1) is 94.4 Å². The summed E-state index contributed by atoms with van der Waals surface area (Å²) >= 11 is 0. The highest BCUT2D eigenvalue weighted by Gasteiger charge is 2.41. The van der Waals surface area contributed by atoms with Crippen LogP contribution in [-0.2, 0) is 21.7 Å². The van der Waals surface area contributed by atoms with E-state index in [1.807, 2.05) is 12.4 Å². The number of aromatic nitrogens is 1. The highest BCUT2D eigenvalue weighted by atomic mass is 28.3. The van der Waals surface area contributed by atoms with Gasteiger partial charge in [-0.3, -0.25) is 4.98 Å². The van der Waals surface area contributed by atoms with E-state index < -0.39 is 8.07 Å². The summed E-state index contributed by atoms with van der Waals surface area (Å²) in [4.78, 5) is 4.84. The van der Waals surface area contributed by atoms with Crippen LogP contribution in [0.4, 0.5) is 0 Å². The molecule has 3 aromatic rings. The summed E-state index contributed by atoms with van der Waals surface area (Å²) in [5.41, 5.74) is 15.2. The number of hydrogen-bond donors (Lipinski definition) is 0. The predicted octanol–water partition coefficient (Wildman–Crippen LogP) is 13.2. The van der Waals surface area contributed by atoms with Gasteiger partial charge >= 0.3 is 0 Å². The molecule has 0 bridgehead atoms. The summed E-state index contributed by atoms with van der Waals surface area (Å²) in [7, 11) is -1.80. The summed E-state index contributed by atoms with van der Waals surface area (Å²) in [6.45, 7) is 40.8. The van der Waals surface area contributed by atoms with Crippen molar-refractivity contribution in [3.63, 3.8) is 0 Å². The first kappa shape index (κ1) is 48.7. The van der Waals surface area contributed by atoms with Crippen molar-refractivity contribution in [1.82, 2.24) is 4.98 Å². The van der Waals surface area contributed by atoms with Gasteiger partial charge in [-0.05, 0) is 155 Å². The van der Waals surface area contributed by atoms with E-state index in [2.05, 4.69) is 255 Å². The molecule has 1 aromatic heterocycles. The standard InChI is InChI=1S/C58H65NSi/c1-43(2)60(44(3)4,45(5)6)34-32-30-28-26-24-22-20-19-21-23-25-27-29-31-33-52-53(46-35-48(55(7,8)9)39-49(36-46)56(10,11)12)41-59-42-54(52)47-37-50(57(13,14)15)40-51(38-47)58(16,17)18/h35-45H,1-18H3. The molecular formula is C58H65NSi. The lowest BCUT2D eigenvalue weighted by molar-refractivity contribution is 0.568. The lowest BCUT2D eigenvalue weighted by Crippen LogP contribution is -2.43. The number of rotatable bonds is 5. The molecule has 2 heteroatoms. The first-order chi connectivity index (χ1) is 27.8. The molecule has 0 aliphatic carbocycles. The Labute approximate surface area is 367 Å². The number of nitrogens with zero attached hydrogens (tertiary/aromatic N) is 1. The Morgan fingerprint density at radius 1 is 0.383 bits per heavy atom. The summed E-state index contributed by atoms with van der Waals surface area (Å²) < 4.78 is 0. The molecule has 0 saturated heterocycles. The van der Waals surface area contributed by atoms with Gasteiger partial charge in [0.05, 0.1) is 0 Å². The summed E-state index contributed by atoms with van der Waals surface area (Å²) in [5.74, 6) is 43.0. The van der Waals surface area contributed by atoms with Crippen LogP contribution in [0.5, 0.6) is 0 Å². The highest BCUT2D eigenvalue weighted by Crippen LogP contribution is 2.41. The zero-order valence-corrected chi connectivity index (χ0v) is 40.8. The van der Waals surface area contributed by atoms with Crippen molar-refractivity contribution in [3.8, 4) is 117 Å². The molecule has 0 radical (unpaired) electrons. The molecule has 0 aliphatic rings. The average molecular weight is 804 g/mol. The van der Waals surface area contributed by atoms with Crippen molar-refractivity contribution in [1.29, 1.82) is 0 Å². The van der Waals surface area contributed by atoms with Gasteiger partial charge in [-0.2, -0.15) is 0 Å². The minimum Gasteiger partial charge on any atom is -0.263 e. The SMILES string of the molecule is CC(C)[Si](C#CC#CC#CC#CC#CC#CC#CC#Cc1c(-c2cc(C(C)(C)C)cc(C(C)(C)C)c2)cncc1-c1cc(C(C)(C)C)cc(C(C)(C)C)c1)(C(C)C)C(C)C. The van der Waals surface area contributed by atoms with Gasteiger partial charge < -0.3 is 0 Å². The van der Waals surface area contributed by atoms with Crippen molar-refractivity contribution < 1.29 is 0 Å². The zero-order valence-electron chi connectivity index (χ0n) is 39.8. The molecule has 3 rings (SSSR count). The van der Waals surface area contributed by atoms with E-state index in [1.54, 1.807) is 0 Å². The van der Waals surface area contributed by atoms with Crippen molar-refractivity contribution >= 4 is 8.07 Å². The van der Waals surface area contributed by atoms with Gasteiger partial charge in [0.1, 0.15) is 8.07 Å². The Kier molecular flexibility index (Phi) is 16.2. The molecule has 0 fully saturated rings. The lowest BCUT2D eigenvalue weighted by Gasteiger charge is -2.37. The monoisotopic (exact) mass is 803 g/mol. The highest BCUT2D eigenvalue weighted by molar-refractivity contribution is 6.90. The van der Waals surface area contributed by atoms with Gasteiger partial charge in [-0.15, -0.1) is 5.54 Å². The largest absolute Gasteiger partial charge is 0.263 e. The fourth-order valence-corrected chi connectivity index (χ4v) is 12.5. The normalized spacial score (nSPS) is 11.2. The van der Waals surface area contributed by atoms with Gasteiger partial charge in [-0.1, -0.05) is 167 Å². The third-order valence-electron chi connectivity index (χ3n) is 11.0. The van der Waals surface area contributed by atoms with Crippen LogP contribution < -0.4 is 0 Å². The van der Waals surface area contributed by atoms with Crippen LogP contribution in [0.1, 0.15) is 152 Å². The molecule has 60 heavy (non-hydrogen) atoms. The number of benzene rings is 2. The molecule has 306 valence electrons. The molecule has 1 nitrogen and oxygen atoms in total. The fraction of sp³-hybridized carbons (Fsp3) is 0.431. The number of hydrogen-bond acceptors (Lipinski definition) is 1. The Balaban J connectivity index is 2.07. The second-order valence-corrected chi connectivity index (χ2v) is 26.2. The minimum absolute atomic E-state index is 0.0467. The Hall–Kier alpha value is -5.71. The van der Waals surface area contributed by atoms with Crippen LogP contribution in [0.15, 0.2) is 48.8 Å². The molecule has 0 unspecified atom stereocenters. The zero-order chi connectivity index (χ0) is 45.1. The van der Waals surface area contributed by atoms with Gasteiger partial charge in [0.25, 0.3) is 0 Å². The molecule has 0 spiro atoms. The maximum absolute atomic E-state index is 4.84. The molecular weight excluding hydrogens is 739 g/mol. The third-order valence-corrected chi connectivity index (χ3v) is 17.3. The van der Waals surface area contributed by atoms with E-state index in [0.717, 1.165) is 27.8 Å². The molecule has 2 aromatic carbocycles. The van der Waals surface area contributed by atoms with Crippen LogP contribution in [0.3, 0.4) is 0 Å². The molecule has 0 amide bonds. The van der Waals surface area contributed by atoms with E-state index >= 15 is 0 Å². The number of pyridine rings is 1. The second kappa shape index (κ2) is 20.0. The van der Waals surface area contributed by atoms with Crippen molar-refractivity contribution in [2.45, 2.75) is 163 Å². The van der Waals surface area contributed by atoms with Crippen LogP contribution in [-0.4, -0.2) is 13.1 Å². The van der Waals surface area contributed by atoms with Crippen molar-refractivity contribution in [2.24, 2.45) is 0 Å². The van der Waals surface area contributed by atoms with Gasteiger partial charge in [0.2, 0.25) is 0 Å². The smallest absolute Gasteiger partial charge is 0.147 e. The quantitative estimate of drug-likeness (QED) is 0.185. The Morgan fingerprint density at radius 3 is 0.917 bits per heavy atom. The van der Waals surface area contributed by atoms with Gasteiger partial charge in [0, 0.05) is 29.1 Å². The van der Waals surface area contributed by atoms with Gasteiger partial charge in [0.15, 0.2) is 0 Å². The minimum atomic E-state index is -1.80. The van der Waals surface area contributed by atoms with E-state index in [0.29, 0.717) is 16.6 Å². The van der Waals surface area contributed by atoms with Crippen molar-refractivity contribution in [3.05, 3.63) is 76.6 Å². The maximum atomic E-state index is 4.84. The third kappa shape index (κ3) is 13.1. The lowest BCUT2D eigenvalue weighted by atomic mass is 9.77. The summed E-state index contributed by atoms with van der Waals surface area (Å²) in [6, 6.07) is 13.8. The molecule has 1 heterocycles. The first-order valence-electron chi connectivity index (χ1n) is 21.1. The topological polar surface area (TPSA) is 12.9 Å². The Morgan fingerprint density at radius 2 is 0.650 bits per heavy atom. The van der Waals surface area contributed by atoms with Gasteiger partial charge in [-0.25, -0.2) is 0 Å². The van der Waals surface area contributed by atoms with Crippen LogP contribution in [0.25, 0.3) is 22.3 Å². The molecule has 0 saturated carbocycles. The van der Waals surface area contributed by atoms with Crippen LogP contribution in [0.2, 0.25) is 16.6 Å². The van der Waals surface area contributed by atoms with E-state index in [4.69, 9.17) is 4.98 Å². The van der Waals surface area contributed by atoms with E-state index in [-0.39, 0.29) is 21.7 Å². The average Bonchev–Trinajstić information content (AvgIpc) is 3.13. The maximum Gasteiger partial charge on any atom is 0.147 e. The molecule has 0 atom stereocenters. The Bertz CT molecular complexity index is 2410. The molecule has 0 aliphatic heterocycles. The molecule has 0 N–H and O–H groups in total. The predicted molar refractivity (Wildman–Crippen MR) is 262 cm³/mol. The fourth-order valence-electron chi connectivity index (χ4n) is 7.37.